The van der Waals surface area contributed by atoms with Gasteiger partial charge in [0.05, 0.1) is 4.47 Å². The van der Waals surface area contributed by atoms with Gasteiger partial charge in [0.15, 0.2) is 0 Å². The van der Waals surface area contributed by atoms with Crippen molar-refractivity contribution < 1.29 is 4.74 Å². The van der Waals surface area contributed by atoms with E-state index in [1.807, 2.05) is 36.4 Å². The second-order valence-corrected chi connectivity index (χ2v) is 7.90. The van der Waals surface area contributed by atoms with Crippen molar-refractivity contribution in [2.24, 2.45) is 0 Å². The maximum absolute atomic E-state index is 6.21. The van der Waals surface area contributed by atoms with E-state index in [1.54, 1.807) is 6.07 Å². The van der Waals surface area contributed by atoms with Crippen LogP contribution in [0.5, 0.6) is 5.75 Å². The number of nitrogens with one attached hydrogen (secondary N) is 1. The minimum atomic E-state index is 0. The van der Waals surface area contributed by atoms with Crippen molar-refractivity contribution in [3.63, 3.8) is 0 Å². The Labute approximate surface area is 190 Å². The molecule has 0 atom stereocenters. The summed E-state index contributed by atoms with van der Waals surface area (Å²) in [5.74, 6) is 0.843. The van der Waals surface area contributed by atoms with Crippen LogP contribution >= 0.6 is 51.5 Å². The van der Waals surface area contributed by atoms with Gasteiger partial charge in [-0.2, -0.15) is 0 Å². The molecule has 0 aliphatic rings. The molecule has 3 rings (SSSR count). The van der Waals surface area contributed by atoms with E-state index >= 15 is 0 Å². The zero-order valence-electron chi connectivity index (χ0n) is 15.1. The number of halogens is 4. The Kier molecular flexibility index (Phi) is 9.63. The van der Waals surface area contributed by atoms with Crippen molar-refractivity contribution in [1.29, 1.82) is 0 Å². The summed E-state index contributed by atoms with van der Waals surface area (Å²) in [4.78, 5) is 0. The molecule has 0 fully saturated rings. The summed E-state index contributed by atoms with van der Waals surface area (Å²) < 4.78 is 6.85. The van der Waals surface area contributed by atoms with Crippen molar-refractivity contribution in [3.8, 4) is 5.75 Å². The molecule has 0 unspecified atom stereocenters. The fourth-order valence-electron chi connectivity index (χ4n) is 2.69. The minimum absolute atomic E-state index is 0. The van der Waals surface area contributed by atoms with Crippen LogP contribution in [0.3, 0.4) is 0 Å². The third-order valence-electron chi connectivity index (χ3n) is 4.15. The summed E-state index contributed by atoms with van der Waals surface area (Å²) in [6, 6.07) is 21.9. The van der Waals surface area contributed by atoms with E-state index in [0.29, 0.717) is 16.7 Å². The van der Waals surface area contributed by atoms with Crippen molar-refractivity contribution in [2.45, 2.75) is 19.6 Å². The largest absolute Gasteiger partial charge is 0.488 e. The molecule has 0 aromatic heterocycles. The number of benzene rings is 3. The van der Waals surface area contributed by atoms with Crippen LogP contribution < -0.4 is 10.1 Å². The molecule has 6 heteroatoms. The van der Waals surface area contributed by atoms with E-state index in [0.717, 1.165) is 40.9 Å². The summed E-state index contributed by atoms with van der Waals surface area (Å²) in [5.41, 5.74) is 3.44. The van der Waals surface area contributed by atoms with Crippen LogP contribution in [-0.2, 0) is 19.6 Å². The van der Waals surface area contributed by atoms with Crippen LogP contribution in [0.1, 0.15) is 16.7 Å². The molecule has 0 spiro atoms. The Morgan fingerprint density at radius 1 is 0.893 bits per heavy atom. The lowest BCUT2D eigenvalue weighted by Crippen LogP contribution is -2.16. The highest BCUT2D eigenvalue weighted by Gasteiger charge is 2.05. The highest BCUT2D eigenvalue weighted by atomic mass is 79.9. The van der Waals surface area contributed by atoms with Crippen molar-refractivity contribution in [3.05, 3.63) is 97.9 Å². The van der Waals surface area contributed by atoms with Gasteiger partial charge in [0.1, 0.15) is 12.4 Å². The van der Waals surface area contributed by atoms with Gasteiger partial charge in [-0.3, -0.25) is 0 Å². The van der Waals surface area contributed by atoms with E-state index in [-0.39, 0.29) is 12.4 Å². The molecule has 28 heavy (non-hydrogen) atoms. The predicted octanol–water partition coefficient (Wildman–Crippen LogP) is 7.09. The summed E-state index contributed by atoms with van der Waals surface area (Å²) in [6.45, 7) is 2.17. The second-order valence-electron chi connectivity index (χ2n) is 6.20. The first-order chi connectivity index (χ1) is 13.1. The Hall–Kier alpha value is -1.23. The lowest BCUT2D eigenvalue weighted by Gasteiger charge is -2.11. The maximum Gasteiger partial charge on any atom is 0.134 e. The summed E-state index contributed by atoms with van der Waals surface area (Å²) >= 11 is 15.7. The average molecular weight is 502 g/mol. The lowest BCUT2D eigenvalue weighted by atomic mass is 10.1. The molecule has 0 bridgehead atoms. The third kappa shape index (κ3) is 6.98. The third-order valence-corrected chi connectivity index (χ3v) is 5.36. The summed E-state index contributed by atoms with van der Waals surface area (Å²) in [5, 5.41) is 4.82. The highest BCUT2D eigenvalue weighted by Crippen LogP contribution is 2.27. The molecule has 2 nitrogen and oxygen atoms in total. The normalized spacial score (nSPS) is 10.4. The van der Waals surface area contributed by atoms with Gasteiger partial charge in [-0.1, -0.05) is 65.7 Å². The predicted molar refractivity (Wildman–Crippen MR) is 124 cm³/mol. The number of hydrogen-bond donors (Lipinski definition) is 1. The zero-order chi connectivity index (χ0) is 19.1. The van der Waals surface area contributed by atoms with Gasteiger partial charge in [0.2, 0.25) is 0 Å². The quantitative estimate of drug-likeness (QED) is 0.333. The van der Waals surface area contributed by atoms with Gasteiger partial charge in [-0.25, -0.2) is 0 Å². The molecule has 0 saturated carbocycles. The first kappa shape index (κ1) is 23.1. The first-order valence-electron chi connectivity index (χ1n) is 8.71. The standard InChI is InChI=1S/C22H20BrCl2NO.ClH/c23-20-12-17(6-9-22(20)27-15-16-4-2-1-3-5-16)14-26-11-10-18-7-8-19(24)13-21(18)25;/h1-9,12-13,26H,10-11,14-15H2;1H. The summed E-state index contributed by atoms with van der Waals surface area (Å²) in [7, 11) is 0. The van der Waals surface area contributed by atoms with Crippen molar-refractivity contribution >= 4 is 51.5 Å². The molecule has 0 radical (unpaired) electrons. The molecule has 3 aromatic carbocycles. The van der Waals surface area contributed by atoms with E-state index in [9.17, 15) is 0 Å². The SMILES string of the molecule is Cl.Clc1ccc(CCNCc2ccc(OCc3ccccc3)c(Br)c2)c(Cl)c1. The van der Waals surface area contributed by atoms with E-state index in [2.05, 4.69) is 45.5 Å². The highest BCUT2D eigenvalue weighted by molar-refractivity contribution is 9.10. The molecule has 0 saturated heterocycles. The monoisotopic (exact) mass is 499 g/mol. The maximum atomic E-state index is 6.21. The molecule has 148 valence electrons. The van der Waals surface area contributed by atoms with Crippen LogP contribution in [0, 0.1) is 0 Å². The fourth-order valence-corrected chi connectivity index (χ4v) is 3.73. The minimum Gasteiger partial charge on any atom is -0.488 e. The topological polar surface area (TPSA) is 21.3 Å². The van der Waals surface area contributed by atoms with Gasteiger partial charge < -0.3 is 10.1 Å². The van der Waals surface area contributed by atoms with Crippen LogP contribution in [0.15, 0.2) is 71.2 Å². The summed E-state index contributed by atoms with van der Waals surface area (Å²) in [6.07, 6.45) is 0.857. The Morgan fingerprint density at radius 3 is 2.39 bits per heavy atom. The van der Waals surface area contributed by atoms with Gasteiger partial charge in [-0.15, -0.1) is 12.4 Å². The van der Waals surface area contributed by atoms with E-state index in [4.69, 9.17) is 27.9 Å². The van der Waals surface area contributed by atoms with Crippen LogP contribution in [0.2, 0.25) is 10.0 Å². The molecule has 3 aromatic rings. The lowest BCUT2D eigenvalue weighted by molar-refractivity contribution is 0.304. The van der Waals surface area contributed by atoms with Gasteiger partial charge in [-0.05, 0) is 69.9 Å². The van der Waals surface area contributed by atoms with Crippen LogP contribution in [0.4, 0.5) is 0 Å². The van der Waals surface area contributed by atoms with Crippen molar-refractivity contribution in [1.82, 2.24) is 5.32 Å². The molecule has 0 amide bonds. The van der Waals surface area contributed by atoms with Gasteiger partial charge in [0, 0.05) is 16.6 Å². The molecule has 0 heterocycles. The second kappa shape index (κ2) is 11.7. The zero-order valence-corrected chi connectivity index (χ0v) is 19.0. The van der Waals surface area contributed by atoms with E-state index < -0.39 is 0 Å². The molecular formula is C22H21BrCl3NO. The Bertz CT molecular complexity index is 890. The Morgan fingerprint density at radius 2 is 1.68 bits per heavy atom. The van der Waals surface area contributed by atoms with Gasteiger partial charge in [0.25, 0.3) is 0 Å². The smallest absolute Gasteiger partial charge is 0.134 e. The average Bonchev–Trinajstić information content (AvgIpc) is 2.67. The Balaban J connectivity index is 0.00000280. The molecule has 0 aliphatic carbocycles. The first-order valence-corrected chi connectivity index (χ1v) is 10.3. The van der Waals surface area contributed by atoms with Crippen LogP contribution in [-0.4, -0.2) is 6.54 Å². The van der Waals surface area contributed by atoms with Crippen molar-refractivity contribution in [2.75, 3.05) is 6.54 Å². The van der Waals surface area contributed by atoms with Gasteiger partial charge >= 0.3 is 0 Å². The molecule has 1 N–H and O–H groups in total. The fraction of sp³-hybridized carbons (Fsp3) is 0.182. The molecular weight excluding hydrogens is 481 g/mol. The van der Waals surface area contributed by atoms with Crippen LogP contribution in [0.25, 0.3) is 0 Å². The van der Waals surface area contributed by atoms with E-state index in [1.165, 1.54) is 5.56 Å². The number of ether oxygens (including phenoxy) is 1. The number of rotatable bonds is 8. The molecule has 0 aliphatic heterocycles. The number of hydrogen-bond acceptors (Lipinski definition) is 2.